The maximum Gasteiger partial charge on any atom is 0.316 e. The molecule has 2 heterocycles. The first-order valence-corrected chi connectivity index (χ1v) is 16.3. The summed E-state index contributed by atoms with van der Waals surface area (Å²) in [5.74, 6) is -2.90. The molecule has 44 heavy (non-hydrogen) atoms. The van der Waals surface area contributed by atoms with Crippen molar-refractivity contribution in [1.82, 2.24) is 25.8 Å². The van der Waals surface area contributed by atoms with Crippen LogP contribution in [0.4, 0.5) is 4.79 Å². The number of carbonyl (C=O) groups excluding carboxylic acids is 6. The Morgan fingerprint density at radius 3 is 2.05 bits per heavy atom. The fourth-order valence-corrected chi connectivity index (χ4v) is 7.11. The molecule has 246 valence electrons. The third kappa shape index (κ3) is 7.20. The van der Waals surface area contributed by atoms with Crippen molar-refractivity contribution >= 4 is 35.4 Å². The van der Waals surface area contributed by atoms with Gasteiger partial charge in [-0.3, -0.25) is 24.0 Å². The number of Topliss-reactive ketones (excluding diaryl/α,β-unsaturated/α-hetero) is 1. The Morgan fingerprint density at radius 1 is 0.909 bits per heavy atom. The van der Waals surface area contributed by atoms with Crippen LogP contribution in [0.2, 0.25) is 0 Å². The summed E-state index contributed by atoms with van der Waals surface area (Å²) in [6, 6.07) is -4.24. The molecule has 5 N–H and O–H groups in total. The highest BCUT2D eigenvalue weighted by atomic mass is 16.2. The quantitative estimate of drug-likeness (QED) is 0.257. The first-order valence-electron chi connectivity index (χ1n) is 16.3. The van der Waals surface area contributed by atoms with Gasteiger partial charge in [-0.05, 0) is 60.2 Å². The molecule has 0 aromatic carbocycles. The van der Waals surface area contributed by atoms with Crippen molar-refractivity contribution in [3.63, 3.8) is 0 Å². The highest BCUT2D eigenvalue weighted by molar-refractivity contribution is 6.37. The van der Waals surface area contributed by atoms with Gasteiger partial charge in [0.1, 0.15) is 18.1 Å². The number of fused-ring (bicyclic) bond motifs is 1. The number of hydrogen-bond donors (Lipinski definition) is 4. The van der Waals surface area contributed by atoms with Crippen LogP contribution in [0.15, 0.2) is 0 Å². The number of nitrogens with two attached hydrogens (primary N) is 1. The summed E-state index contributed by atoms with van der Waals surface area (Å²) in [6.45, 7) is 15.0. The second kappa shape index (κ2) is 12.7. The smallest absolute Gasteiger partial charge is 0.316 e. The van der Waals surface area contributed by atoms with Crippen LogP contribution in [-0.4, -0.2) is 89.0 Å². The fraction of sp³-hybridized carbons (Fsp3) is 0.812. The number of rotatable bonds is 11. The van der Waals surface area contributed by atoms with E-state index in [0.717, 1.165) is 32.1 Å². The van der Waals surface area contributed by atoms with Gasteiger partial charge in [0.15, 0.2) is 0 Å². The molecule has 4 fully saturated rings. The minimum Gasteiger partial charge on any atom is -0.363 e. The van der Waals surface area contributed by atoms with Crippen LogP contribution in [-0.2, 0) is 24.0 Å². The van der Waals surface area contributed by atoms with Gasteiger partial charge in [-0.2, -0.15) is 0 Å². The Hall–Kier alpha value is -3.18. The van der Waals surface area contributed by atoms with Gasteiger partial charge in [0.2, 0.25) is 23.5 Å². The Bertz CT molecular complexity index is 1170. The maximum absolute atomic E-state index is 14.2. The number of nitrogens with zero attached hydrogens (tertiary/aromatic N) is 2. The molecule has 6 atom stereocenters. The van der Waals surface area contributed by atoms with Crippen LogP contribution in [0.25, 0.3) is 0 Å². The van der Waals surface area contributed by atoms with E-state index in [0.29, 0.717) is 26.1 Å². The lowest BCUT2D eigenvalue weighted by Crippen LogP contribution is -2.62. The zero-order valence-corrected chi connectivity index (χ0v) is 27.4. The molecular formula is C32H52N6O6. The molecule has 0 aromatic rings. The van der Waals surface area contributed by atoms with Crippen LogP contribution in [0.3, 0.4) is 0 Å². The summed E-state index contributed by atoms with van der Waals surface area (Å²) in [6.07, 6.45) is 5.13. The van der Waals surface area contributed by atoms with Gasteiger partial charge in [0, 0.05) is 19.6 Å². The minimum absolute atomic E-state index is 0.0813. The number of primary amides is 1. The van der Waals surface area contributed by atoms with Gasteiger partial charge in [-0.25, -0.2) is 4.79 Å². The van der Waals surface area contributed by atoms with Crippen LogP contribution >= 0.6 is 0 Å². The van der Waals surface area contributed by atoms with E-state index in [1.54, 1.807) is 4.90 Å². The molecule has 2 saturated carbocycles. The Morgan fingerprint density at radius 2 is 1.52 bits per heavy atom. The predicted octanol–water partition coefficient (Wildman–Crippen LogP) is 1.56. The van der Waals surface area contributed by atoms with E-state index in [1.165, 1.54) is 4.90 Å². The summed E-state index contributed by atoms with van der Waals surface area (Å²) in [5.41, 5.74) is 4.39. The topological polar surface area (TPSA) is 171 Å². The Balaban J connectivity index is 1.51. The summed E-state index contributed by atoms with van der Waals surface area (Å²) in [5, 5.41) is 8.43. The molecule has 4 aliphatic rings. The van der Waals surface area contributed by atoms with Crippen molar-refractivity contribution in [1.29, 1.82) is 0 Å². The van der Waals surface area contributed by atoms with Crippen LogP contribution < -0.4 is 21.7 Å². The van der Waals surface area contributed by atoms with E-state index in [4.69, 9.17) is 5.73 Å². The molecule has 12 heteroatoms. The molecule has 2 unspecified atom stereocenters. The van der Waals surface area contributed by atoms with Crippen molar-refractivity contribution in [2.24, 2.45) is 40.2 Å². The third-order valence-electron chi connectivity index (χ3n) is 10.2. The molecule has 0 spiro atoms. The molecule has 2 aliphatic heterocycles. The summed E-state index contributed by atoms with van der Waals surface area (Å²) in [4.78, 5) is 82.3. The monoisotopic (exact) mass is 616 g/mol. The number of carbonyl (C=O) groups is 6. The minimum atomic E-state index is -1.10. The Kier molecular flexibility index (Phi) is 9.71. The van der Waals surface area contributed by atoms with E-state index in [2.05, 4.69) is 29.8 Å². The maximum atomic E-state index is 14.2. The van der Waals surface area contributed by atoms with E-state index >= 15 is 0 Å². The van der Waals surface area contributed by atoms with Crippen molar-refractivity contribution in [3.05, 3.63) is 0 Å². The standard InChI is InChI=1S/C32H52N6O6/c1-17(2)22(28(42)37-13-9-8-10-14-37)35-30(44)36-25(31(3,4)5)29(43)38-16-19-21(32(19,6)7)23(38)27(41)34-20(15-18-11-12-18)24(39)26(33)40/h17-23,25H,8-16H2,1-7H3,(H2,33,40)(H,34,41)(H2,35,36,44)/t19-,20?,21-,22-,23?,25+/m0/s1. The molecule has 0 radical (unpaired) electrons. The average molecular weight is 617 g/mol. The van der Waals surface area contributed by atoms with Crippen LogP contribution in [0.5, 0.6) is 0 Å². The van der Waals surface area contributed by atoms with Gasteiger partial charge in [0.05, 0.1) is 6.04 Å². The lowest BCUT2D eigenvalue weighted by Gasteiger charge is -2.38. The highest BCUT2D eigenvalue weighted by Gasteiger charge is 2.70. The van der Waals surface area contributed by atoms with Gasteiger partial charge in [-0.1, -0.05) is 61.3 Å². The first kappa shape index (κ1) is 33.7. The van der Waals surface area contributed by atoms with Gasteiger partial charge in [0.25, 0.3) is 5.91 Å². The number of amides is 6. The summed E-state index contributed by atoms with van der Waals surface area (Å²) in [7, 11) is 0. The largest absolute Gasteiger partial charge is 0.363 e. The SMILES string of the molecule is CC(C)[C@H](NC(=O)N[C@H](C(=O)N1C[C@H]2[C@@H](C1C(=O)NC(CC1CC1)C(=O)C(N)=O)C2(C)C)C(C)(C)C)C(=O)N1CCCCC1. The van der Waals surface area contributed by atoms with Gasteiger partial charge in [-0.15, -0.1) is 0 Å². The van der Waals surface area contributed by atoms with Crippen molar-refractivity contribution in [3.8, 4) is 0 Å². The molecule has 0 aromatic heterocycles. The third-order valence-corrected chi connectivity index (χ3v) is 10.2. The molecule has 2 aliphatic carbocycles. The molecule has 6 amide bonds. The summed E-state index contributed by atoms with van der Waals surface area (Å²) < 4.78 is 0. The highest BCUT2D eigenvalue weighted by Crippen LogP contribution is 2.65. The zero-order chi connectivity index (χ0) is 32.7. The lowest BCUT2D eigenvalue weighted by molar-refractivity contribution is -0.145. The van der Waals surface area contributed by atoms with Crippen molar-refractivity contribution < 1.29 is 28.8 Å². The van der Waals surface area contributed by atoms with Gasteiger partial charge < -0.3 is 31.5 Å². The molecule has 4 rings (SSSR count). The Labute approximate surface area is 261 Å². The van der Waals surface area contributed by atoms with Crippen LogP contribution in [0, 0.1) is 34.5 Å². The fourth-order valence-electron chi connectivity index (χ4n) is 7.11. The van der Waals surface area contributed by atoms with E-state index < -0.39 is 59.1 Å². The number of piperidine rings is 2. The second-order valence-electron chi connectivity index (χ2n) is 15.4. The van der Waals surface area contributed by atoms with Gasteiger partial charge >= 0.3 is 6.03 Å². The van der Waals surface area contributed by atoms with Crippen molar-refractivity contribution in [2.45, 2.75) is 111 Å². The number of urea groups is 1. The molecular weight excluding hydrogens is 564 g/mol. The van der Waals surface area contributed by atoms with E-state index in [9.17, 15) is 28.8 Å². The van der Waals surface area contributed by atoms with E-state index in [-0.39, 0.29) is 35.0 Å². The second-order valence-corrected chi connectivity index (χ2v) is 15.4. The molecule has 2 saturated heterocycles. The van der Waals surface area contributed by atoms with Crippen LogP contribution in [0.1, 0.15) is 87.0 Å². The number of nitrogens with one attached hydrogen (secondary N) is 3. The number of hydrogen-bond acceptors (Lipinski definition) is 6. The zero-order valence-electron chi connectivity index (χ0n) is 27.4. The lowest BCUT2D eigenvalue weighted by atomic mass is 9.85. The van der Waals surface area contributed by atoms with Crippen molar-refractivity contribution in [2.75, 3.05) is 19.6 Å². The molecule has 12 nitrogen and oxygen atoms in total. The first-order chi connectivity index (χ1) is 20.4. The number of ketones is 1. The normalized spacial score (nSPS) is 26.2. The molecule has 0 bridgehead atoms. The number of likely N-dealkylation sites (tertiary alicyclic amines) is 2. The van der Waals surface area contributed by atoms with E-state index in [1.807, 2.05) is 34.6 Å². The summed E-state index contributed by atoms with van der Waals surface area (Å²) >= 11 is 0. The predicted molar refractivity (Wildman–Crippen MR) is 164 cm³/mol. The average Bonchev–Trinajstić information content (AvgIpc) is 3.80.